The Morgan fingerprint density at radius 3 is 2.34 bits per heavy atom. The summed E-state index contributed by atoms with van der Waals surface area (Å²) in [6, 6.07) is 4.79. The molecule has 38 heavy (non-hydrogen) atoms. The van der Waals surface area contributed by atoms with Crippen LogP contribution in [0.4, 0.5) is 38.4 Å². The molecule has 3 aromatic rings. The summed E-state index contributed by atoms with van der Waals surface area (Å²) in [5.74, 6) is 1.11. The molecule has 0 spiro atoms. The molecule has 14 nitrogen and oxygen atoms in total. The van der Waals surface area contributed by atoms with Crippen molar-refractivity contribution in [2.45, 2.75) is 26.2 Å². The second-order valence-corrected chi connectivity index (χ2v) is 8.18. The Bertz CT molecular complexity index is 1220. The van der Waals surface area contributed by atoms with Gasteiger partial charge in [0, 0.05) is 31.5 Å². The quantitative estimate of drug-likeness (QED) is 0.215. The number of pyridine rings is 2. The Balaban J connectivity index is 0.000000934. The van der Waals surface area contributed by atoms with Gasteiger partial charge in [-0.05, 0) is 37.8 Å². The molecule has 1 aliphatic rings. The fourth-order valence-corrected chi connectivity index (χ4v) is 3.34. The minimum atomic E-state index is -1.83. The normalized spacial score (nSPS) is 12.1. The van der Waals surface area contributed by atoms with Crippen molar-refractivity contribution in [1.82, 2.24) is 25.3 Å². The second-order valence-electron chi connectivity index (χ2n) is 8.18. The average Bonchev–Trinajstić information content (AvgIpc) is 2.85. The Morgan fingerprint density at radius 2 is 1.74 bits per heavy atom. The van der Waals surface area contributed by atoms with E-state index in [1.807, 2.05) is 13.0 Å². The molecular weight excluding hydrogens is 494 g/mol. The molecule has 1 fully saturated rings. The molecule has 4 rings (SSSR count). The van der Waals surface area contributed by atoms with Crippen molar-refractivity contribution in [2.24, 2.45) is 5.92 Å². The zero-order valence-corrected chi connectivity index (χ0v) is 20.6. The predicted octanol–water partition coefficient (Wildman–Crippen LogP) is 3.84. The summed E-state index contributed by atoms with van der Waals surface area (Å²) < 4.78 is 0. The Morgan fingerprint density at radius 1 is 1.00 bits per heavy atom. The number of nitrogens with one attached hydrogen (secondary N) is 5. The monoisotopic (exact) mass is 523 g/mol. The van der Waals surface area contributed by atoms with Gasteiger partial charge < -0.3 is 31.5 Å². The summed E-state index contributed by atoms with van der Waals surface area (Å²) in [6.45, 7) is 3.15. The summed E-state index contributed by atoms with van der Waals surface area (Å²) in [7, 11) is 0. The number of carbonyl (C=O) groups excluding carboxylic acids is 2. The molecule has 7 N–H and O–H groups in total. The van der Waals surface area contributed by atoms with Crippen LogP contribution in [0.1, 0.15) is 36.5 Å². The lowest BCUT2D eigenvalue weighted by Gasteiger charge is -2.25. The van der Waals surface area contributed by atoms with Crippen LogP contribution < -0.4 is 26.6 Å². The Labute approximate surface area is 218 Å². The van der Waals surface area contributed by atoms with E-state index < -0.39 is 12.1 Å². The lowest BCUT2D eigenvalue weighted by molar-refractivity contribution is 0.102. The second kappa shape index (κ2) is 13.9. The molecule has 3 amide bonds. The largest absolute Gasteiger partial charge is 0.503 e. The summed E-state index contributed by atoms with van der Waals surface area (Å²) in [5.41, 5.74) is 1.86. The molecule has 200 valence electrons. The number of hydrogen-bond acceptors (Lipinski definition) is 9. The van der Waals surface area contributed by atoms with Crippen molar-refractivity contribution in [2.75, 3.05) is 34.4 Å². The first-order chi connectivity index (χ1) is 18.3. The van der Waals surface area contributed by atoms with Crippen LogP contribution in [0.3, 0.4) is 0 Å². The number of carboxylic acid groups (broad SMARTS) is 2. The summed E-state index contributed by atoms with van der Waals surface area (Å²) in [4.78, 5) is 50.3. The SMILES string of the molecule is CCNC(=O)Nc1cc(Nc2cccnc2)c(C(=O)Nc2cnc(NCC3CCC3)nc2)cn1.O=C(O)O. The van der Waals surface area contributed by atoms with Gasteiger partial charge in [0.05, 0.1) is 41.2 Å². The molecule has 3 aromatic heterocycles. The van der Waals surface area contributed by atoms with E-state index in [9.17, 15) is 9.59 Å². The van der Waals surface area contributed by atoms with Crippen LogP contribution in [-0.4, -0.2) is 61.3 Å². The van der Waals surface area contributed by atoms with Crippen LogP contribution in [0.25, 0.3) is 0 Å². The zero-order chi connectivity index (χ0) is 27.3. The van der Waals surface area contributed by atoms with Crippen molar-refractivity contribution in [3.8, 4) is 0 Å². The third-order valence-corrected chi connectivity index (χ3v) is 5.35. The summed E-state index contributed by atoms with van der Waals surface area (Å²) >= 11 is 0. The molecule has 0 saturated heterocycles. The maximum absolute atomic E-state index is 13.0. The molecule has 0 aliphatic heterocycles. The molecule has 0 aromatic carbocycles. The molecule has 0 atom stereocenters. The van der Waals surface area contributed by atoms with E-state index in [0.29, 0.717) is 41.3 Å². The van der Waals surface area contributed by atoms with Gasteiger partial charge in [0.1, 0.15) is 5.82 Å². The number of anilines is 5. The van der Waals surface area contributed by atoms with E-state index in [0.717, 1.165) is 6.54 Å². The number of nitrogens with zero attached hydrogens (tertiary/aromatic N) is 4. The number of hydrogen-bond donors (Lipinski definition) is 7. The van der Waals surface area contributed by atoms with Crippen molar-refractivity contribution in [3.63, 3.8) is 0 Å². The predicted molar refractivity (Wildman–Crippen MR) is 141 cm³/mol. The first-order valence-corrected chi connectivity index (χ1v) is 11.8. The fourth-order valence-electron chi connectivity index (χ4n) is 3.34. The molecule has 14 heteroatoms. The standard InChI is InChI=1S/C23H27N9O2.CH2O3/c1-2-25-23(34)32-20-9-19(30-16-7-4-8-24-11-16)18(14-26-20)21(33)31-17-12-28-22(29-13-17)27-10-15-5-3-6-15;2-1(3)4/h4,7-9,11-15H,2-3,5-6,10H2,1H3,(H,31,33)(H,27,28,29)(H3,25,26,30,32,34);(H2,2,3,4). The first-order valence-electron chi connectivity index (χ1n) is 11.8. The van der Waals surface area contributed by atoms with E-state index in [2.05, 4.69) is 46.5 Å². The van der Waals surface area contributed by atoms with Crippen LogP contribution in [0.15, 0.2) is 49.2 Å². The lowest BCUT2D eigenvalue weighted by Crippen LogP contribution is -2.28. The molecule has 0 unspecified atom stereocenters. The van der Waals surface area contributed by atoms with E-state index in [1.165, 1.54) is 25.5 Å². The Kier molecular flexibility index (Phi) is 10.1. The van der Waals surface area contributed by atoms with Crippen molar-refractivity contribution >= 4 is 46.9 Å². The van der Waals surface area contributed by atoms with Crippen LogP contribution in [0, 0.1) is 5.92 Å². The highest BCUT2D eigenvalue weighted by molar-refractivity contribution is 6.08. The topological polar surface area (TPSA) is 203 Å². The number of amides is 3. The van der Waals surface area contributed by atoms with Crippen molar-refractivity contribution in [1.29, 1.82) is 0 Å². The van der Waals surface area contributed by atoms with Gasteiger partial charge in [-0.1, -0.05) is 6.42 Å². The van der Waals surface area contributed by atoms with Gasteiger partial charge >= 0.3 is 12.2 Å². The highest BCUT2D eigenvalue weighted by Crippen LogP contribution is 2.26. The van der Waals surface area contributed by atoms with E-state index in [-0.39, 0.29) is 11.6 Å². The molecule has 1 saturated carbocycles. The zero-order valence-electron chi connectivity index (χ0n) is 20.6. The van der Waals surface area contributed by atoms with Gasteiger partial charge in [0.2, 0.25) is 5.95 Å². The smallest absolute Gasteiger partial charge is 0.450 e. The minimum Gasteiger partial charge on any atom is -0.450 e. The Hall–Kier alpha value is -5.01. The summed E-state index contributed by atoms with van der Waals surface area (Å²) in [6.07, 6.45) is 9.71. The minimum absolute atomic E-state index is 0.275. The van der Waals surface area contributed by atoms with Crippen LogP contribution >= 0.6 is 0 Å². The maximum atomic E-state index is 13.0. The van der Waals surface area contributed by atoms with Gasteiger partial charge in [0.15, 0.2) is 0 Å². The molecule has 0 bridgehead atoms. The number of carbonyl (C=O) groups is 3. The maximum Gasteiger partial charge on any atom is 0.503 e. The molecule has 0 radical (unpaired) electrons. The molecule has 1 aliphatic carbocycles. The van der Waals surface area contributed by atoms with Gasteiger partial charge in [-0.3, -0.25) is 15.1 Å². The van der Waals surface area contributed by atoms with Gasteiger partial charge in [-0.2, -0.15) is 0 Å². The van der Waals surface area contributed by atoms with Gasteiger partial charge in [-0.15, -0.1) is 0 Å². The number of aromatic nitrogens is 4. The molecule has 3 heterocycles. The average molecular weight is 524 g/mol. The van der Waals surface area contributed by atoms with E-state index >= 15 is 0 Å². The number of rotatable bonds is 9. The van der Waals surface area contributed by atoms with Gasteiger partial charge in [0.25, 0.3) is 5.91 Å². The van der Waals surface area contributed by atoms with Crippen LogP contribution in [0.5, 0.6) is 0 Å². The summed E-state index contributed by atoms with van der Waals surface area (Å²) in [5, 5.41) is 28.4. The molecular formula is C24H29N9O5. The highest BCUT2D eigenvalue weighted by Gasteiger charge is 2.18. The number of urea groups is 1. The van der Waals surface area contributed by atoms with Crippen molar-refractivity contribution < 1.29 is 24.6 Å². The highest BCUT2D eigenvalue weighted by atomic mass is 16.6. The van der Waals surface area contributed by atoms with Crippen LogP contribution in [-0.2, 0) is 0 Å². The third-order valence-electron chi connectivity index (χ3n) is 5.35. The van der Waals surface area contributed by atoms with E-state index in [1.54, 1.807) is 36.9 Å². The van der Waals surface area contributed by atoms with Gasteiger partial charge in [-0.25, -0.2) is 24.5 Å². The first kappa shape index (κ1) is 27.6. The lowest BCUT2D eigenvalue weighted by atomic mass is 9.85. The fraction of sp³-hybridized carbons (Fsp3) is 0.292. The van der Waals surface area contributed by atoms with Crippen LogP contribution in [0.2, 0.25) is 0 Å². The van der Waals surface area contributed by atoms with E-state index in [4.69, 9.17) is 15.0 Å². The third kappa shape index (κ3) is 8.89. The van der Waals surface area contributed by atoms with Crippen molar-refractivity contribution in [3.05, 3.63) is 54.7 Å².